The molecule has 0 aliphatic rings. The highest BCUT2D eigenvalue weighted by atomic mass is 79.9. The van der Waals surface area contributed by atoms with Crippen molar-refractivity contribution < 1.29 is 14.0 Å². The van der Waals surface area contributed by atoms with Gasteiger partial charge in [-0.05, 0) is 34.5 Å². The molecular weight excluding hydrogens is 243 g/mol. The summed E-state index contributed by atoms with van der Waals surface area (Å²) in [5.41, 5.74) is 0.962. The van der Waals surface area contributed by atoms with Gasteiger partial charge in [0.25, 0.3) is 0 Å². The Labute approximate surface area is 79.4 Å². The molecule has 1 N–H and O–H groups in total. The highest BCUT2D eigenvalue weighted by Crippen LogP contribution is 2.32. The lowest BCUT2D eigenvalue weighted by molar-refractivity contribution is 0.409. The van der Waals surface area contributed by atoms with Crippen molar-refractivity contribution in [3.63, 3.8) is 0 Å². The summed E-state index contributed by atoms with van der Waals surface area (Å²) in [5, 5.41) is 0. The van der Waals surface area contributed by atoms with E-state index in [1.165, 1.54) is 0 Å². The Hall–Kier alpha value is -0.440. The van der Waals surface area contributed by atoms with Gasteiger partial charge in [-0.1, -0.05) is 12.1 Å². The van der Waals surface area contributed by atoms with E-state index >= 15 is 0 Å². The molecule has 12 heavy (non-hydrogen) atoms. The lowest BCUT2D eigenvalue weighted by atomic mass is 10.2. The lowest BCUT2D eigenvalue weighted by Crippen LogP contribution is -1.83. The van der Waals surface area contributed by atoms with Gasteiger partial charge in [0.1, 0.15) is 0 Å². The minimum atomic E-state index is -2.59. The van der Waals surface area contributed by atoms with Crippen molar-refractivity contribution in [2.24, 2.45) is 0 Å². The van der Waals surface area contributed by atoms with E-state index in [0.717, 1.165) is 5.56 Å². The molecule has 0 amide bonds. The maximum Gasteiger partial charge on any atom is 0.747 e. The fraction of sp³-hybridized carbons (Fsp3) is 0.143. The van der Waals surface area contributed by atoms with E-state index in [9.17, 15) is 4.57 Å². The van der Waals surface area contributed by atoms with Crippen LogP contribution in [0, 0.1) is 6.92 Å². The molecule has 0 saturated heterocycles. The Morgan fingerprint density at radius 3 is 2.83 bits per heavy atom. The normalized spacial score (nSPS) is 11.1. The third kappa shape index (κ3) is 2.27. The van der Waals surface area contributed by atoms with E-state index in [4.69, 9.17) is 4.89 Å². The van der Waals surface area contributed by atoms with Gasteiger partial charge in [-0.15, -0.1) is 4.89 Å². The second-order valence-electron chi connectivity index (χ2n) is 2.22. The molecule has 5 heteroatoms. The third-order valence-corrected chi connectivity index (χ3v) is 2.70. The highest BCUT2D eigenvalue weighted by Gasteiger charge is 2.17. The maximum atomic E-state index is 10.3. The summed E-state index contributed by atoms with van der Waals surface area (Å²) in [6, 6.07) is 5.26. The fourth-order valence-corrected chi connectivity index (χ4v) is 1.57. The zero-order valence-electron chi connectivity index (χ0n) is 6.32. The molecule has 1 rings (SSSR count). The summed E-state index contributed by atoms with van der Waals surface area (Å²) in [6.07, 6.45) is 0. The summed E-state index contributed by atoms with van der Waals surface area (Å²) in [4.78, 5) is 8.49. The number of halogens is 1. The Balaban J connectivity index is 3.00. The Kier molecular flexibility index (Phi) is 3.20. The van der Waals surface area contributed by atoms with Crippen LogP contribution in [0.3, 0.4) is 0 Å². The average molecular weight is 250 g/mol. The van der Waals surface area contributed by atoms with Crippen LogP contribution >= 0.6 is 24.2 Å². The SMILES string of the molecule is Cc1cccc(O[P+](=O)O)c1Br. The number of hydrogen-bond donors (Lipinski definition) is 1. The summed E-state index contributed by atoms with van der Waals surface area (Å²) in [5.74, 6) is 0.388. The molecule has 0 aliphatic heterocycles. The lowest BCUT2D eigenvalue weighted by Gasteiger charge is -1.98. The molecule has 0 heterocycles. The van der Waals surface area contributed by atoms with E-state index in [0.29, 0.717) is 10.2 Å². The first kappa shape index (κ1) is 9.65. The molecule has 1 aromatic rings. The van der Waals surface area contributed by atoms with Crippen molar-refractivity contribution in [3.8, 4) is 5.75 Å². The molecular formula is C7H7BrO3P+. The van der Waals surface area contributed by atoms with E-state index < -0.39 is 8.25 Å². The van der Waals surface area contributed by atoms with Crippen molar-refractivity contribution in [2.75, 3.05) is 0 Å². The second-order valence-corrected chi connectivity index (χ2v) is 3.67. The van der Waals surface area contributed by atoms with Crippen LogP contribution in [0.4, 0.5) is 0 Å². The molecule has 0 radical (unpaired) electrons. The van der Waals surface area contributed by atoms with Gasteiger partial charge in [0, 0.05) is 4.57 Å². The summed E-state index contributed by atoms with van der Waals surface area (Å²) in [6.45, 7) is 1.88. The van der Waals surface area contributed by atoms with E-state index in [-0.39, 0.29) is 0 Å². The quantitative estimate of drug-likeness (QED) is 0.821. The zero-order valence-corrected chi connectivity index (χ0v) is 8.80. The largest absolute Gasteiger partial charge is 0.747 e. The van der Waals surface area contributed by atoms with Crippen LogP contribution in [0.25, 0.3) is 0 Å². The standard InChI is InChI=1S/C7H6BrO3P/c1-5-3-2-4-6(7(5)8)11-12(9)10/h2-4H,1H3/p+1. The van der Waals surface area contributed by atoms with Gasteiger partial charge in [-0.3, -0.25) is 0 Å². The second kappa shape index (κ2) is 3.99. The van der Waals surface area contributed by atoms with Gasteiger partial charge in [0.15, 0.2) is 0 Å². The van der Waals surface area contributed by atoms with E-state index in [1.54, 1.807) is 12.1 Å². The van der Waals surface area contributed by atoms with Crippen LogP contribution in [0.2, 0.25) is 0 Å². The van der Waals surface area contributed by atoms with Crippen LogP contribution in [-0.2, 0) is 4.57 Å². The predicted octanol–water partition coefficient (Wildman–Crippen LogP) is 2.79. The summed E-state index contributed by atoms with van der Waals surface area (Å²) < 4.78 is 15.7. The van der Waals surface area contributed by atoms with E-state index in [2.05, 4.69) is 20.5 Å². The minimum absolute atomic E-state index is 0.388. The predicted molar refractivity (Wildman–Crippen MR) is 49.3 cm³/mol. The van der Waals surface area contributed by atoms with Gasteiger partial charge in [-0.2, -0.15) is 0 Å². The Bertz CT molecular complexity index is 314. The smallest absolute Gasteiger partial charge is 0.228 e. The molecule has 1 aromatic carbocycles. The van der Waals surface area contributed by atoms with Crippen molar-refractivity contribution >= 4 is 24.2 Å². The average Bonchev–Trinajstić information content (AvgIpc) is 1.98. The number of aryl methyl sites for hydroxylation is 1. The van der Waals surface area contributed by atoms with Gasteiger partial charge in [0.05, 0.1) is 4.47 Å². The van der Waals surface area contributed by atoms with Crippen LogP contribution < -0.4 is 4.52 Å². The van der Waals surface area contributed by atoms with Gasteiger partial charge in [-0.25, -0.2) is 4.52 Å². The molecule has 0 aromatic heterocycles. The molecule has 0 saturated carbocycles. The monoisotopic (exact) mass is 249 g/mol. The van der Waals surface area contributed by atoms with Crippen molar-refractivity contribution in [1.82, 2.24) is 0 Å². The first-order valence-corrected chi connectivity index (χ1v) is 5.13. The van der Waals surface area contributed by atoms with Gasteiger partial charge >= 0.3 is 8.25 Å². The number of hydrogen-bond acceptors (Lipinski definition) is 2. The first-order chi connectivity index (χ1) is 5.61. The van der Waals surface area contributed by atoms with Crippen molar-refractivity contribution in [2.45, 2.75) is 6.92 Å². The van der Waals surface area contributed by atoms with Crippen LogP contribution in [0.15, 0.2) is 22.7 Å². The zero-order chi connectivity index (χ0) is 9.14. The van der Waals surface area contributed by atoms with Crippen LogP contribution in [-0.4, -0.2) is 4.89 Å². The maximum absolute atomic E-state index is 10.3. The first-order valence-electron chi connectivity index (χ1n) is 3.20. The third-order valence-electron chi connectivity index (χ3n) is 1.33. The molecule has 64 valence electrons. The van der Waals surface area contributed by atoms with Crippen LogP contribution in [0.1, 0.15) is 5.56 Å². The molecule has 0 bridgehead atoms. The fourth-order valence-electron chi connectivity index (χ4n) is 0.775. The summed E-state index contributed by atoms with van der Waals surface area (Å²) >= 11 is 3.24. The van der Waals surface area contributed by atoms with Crippen molar-refractivity contribution in [1.29, 1.82) is 0 Å². The molecule has 0 fully saturated rings. The van der Waals surface area contributed by atoms with E-state index in [1.807, 2.05) is 13.0 Å². The molecule has 1 atom stereocenters. The Morgan fingerprint density at radius 1 is 1.58 bits per heavy atom. The molecule has 0 aliphatic carbocycles. The highest BCUT2D eigenvalue weighted by molar-refractivity contribution is 9.10. The molecule has 1 unspecified atom stereocenters. The topological polar surface area (TPSA) is 46.5 Å². The summed E-state index contributed by atoms with van der Waals surface area (Å²) in [7, 11) is -2.59. The number of rotatable bonds is 2. The van der Waals surface area contributed by atoms with Crippen LogP contribution in [0.5, 0.6) is 5.75 Å². The van der Waals surface area contributed by atoms with Gasteiger partial charge in [0.2, 0.25) is 5.75 Å². The molecule has 3 nitrogen and oxygen atoms in total. The minimum Gasteiger partial charge on any atom is -0.228 e. The van der Waals surface area contributed by atoms with Crippen molar-refractivity contribution in [3.05, 3.63) is 28.2 Å². The number of benzene rings is 1. The molecule has 0 spiro atoms. The Morgan fingerprint density at radius 2 is 2.25 bits per heavy atom. The van der Waals surface area contributed by atoms with Gasteiger partial charge < -0.3 is 0 Å².